The van der Waals surface area contributed by atoms with Gasteiger partial charge in [-0.05, 0) is 16.7 Å². The maximum atomic E-state index is 13.0. The van der Waals surface area contributed by atoms with Crippen LogP contribution in [0.15, 0.2) is 11.4 Å². The summed E-state index contributed by atoms with van der Waals surface area (Å²) in [5.74, 6) is -1.17. The highest BCUT2D eigenvalue weighted by molar-refractivity contribution is 7.12. The van der Waals surface area contributed by atoms with Crippen LogP contribution < -0.4 is 0 Å². The molecule has 0 saturated heterocycles. The maximum absolute atomic E-state index is 13.0. The molecule has 2 heterocycles. The van der Waals surface area contributed by atoms with Gasteiger partial charge >= 0.3 is 0 Å². The van der Waals surface area contributed by atoms with E-state index in [0.717, 1.165) is 16.1 Å². The summed E-state index contributed by atoms with van der Waals surface area (Å²) in [6.45, 7) is 0. The Hall–Kier alpha value is -1.63. The minimum Gasteiger partial charge on any atom is -0.284 e. The predicted molar refractivity (Wildman–Crippen MR) is 46.5 cm³/mol. The van der Waals surface area contributed by atoms with Crippen molar-refractivity contribution in [2.45, 2.75) is 0 Å². The van der Waals surface area contributed by atoms with Crippen LogP contribution in [-0.4, -0.2) is 26.0 Å². The Bertz CT molecular complexity index is 477. The van der Waals surface area contributed by atoms with Gasteiger partial charge < -0.3 is 0 Å². The summed E-state index contributed by atoms with van der Waals surface area (Å²) in [4.78, 5) is 12.7. The van der Waals surface area contributed by atoms with Crippen molar-refractivity contribution in [1.82, 2.24) is 20.2 Å². The van der Waals surface area contributed by atoms with Gasteiger partial charge in [-0.15, -0.1) is 21.5 Å². The Morgan fingerprint density at radius 1 is 1.64 bits per heavy atom. The first-order chi connectivity index (χ1) is 6.68. The minimum atomic E-state index is -0.549. The molecule has 0 N–H and O–H groups in total. The number of thiophene rings is 1. The van der Waals surface area contributed by atoms with Crippen molar-refractivity contribution in [1.29, 1.82) is 0 Å². The molecule has 0 spiro atoms. The third-order valence-electron chi connectivity index (χ3n) is 1.53. The second-order valence-electron chi connectivity index (χ2n) is 2.53. The number of rotatable bonds is 2. The zero-order valence-corrected chi connectivity index (χ0v) is 7.95. The SMILES string of the molecule is Cn1nnc(C(=O)c2sccc2F)n1. The monoisotopic (exact) mass is 212 g/mol. The van der Waals surface area contributed by atoms with Crippen molar-refractivity contribution in [3.05, 3.63) is 28.0 Å². The minimum absolute atomic E-state index is 0.0120. The van der Waals surface area contributed by atoms with Gasteiger partial charge in [0.05, 0.1) is 7.05 Å². The summed E-state index contributed by atoms with van der Waals surface area (Å²) in [6, 6.07) is 1.23. The van der Waals surface area contributed by atoms with E-state index in [2.05, 4.69) is 15.4 Å². The van der Waals surface area contributed by atoms with Crippen molar-refractivity contribution >= 4 is 17.1 Å². The molecule has 0 unspecified atom stereocenters. The first-order valence-electron chi connectivity index (χ1n) is 3.70. The molecular formula is C7H5FN4OS. The first-order valence-corrected chi connectivity index (χ1v) is 4.58. The van der Waals surface area contributed by atoms with Crippen molar-refractivity contribution < 1.29 is 9.18 Å². The standard InChI is InChI=1S/C7H5FN4OS/c1-12-10-7(9-11-12)5(13)6-4(8)2-3-14-6/h2-3H,1H3. The lowest BCUT2D eigenvalue weighted by Crippen LogP contribution is -2.04. The van der Waals surface area contributed by atoms with E-state index in [0.29, 0.717) is 0 Å². The van der Waals surface area contributed by atoms with Crippen LogP contribution in [-0.2, 0) is 7.05 Å². The van der Waals surface area contributed by atoms with E-state index in [1.54, 1.807) is 0 Å². The number of tetrazole rings is 1. The number of aromatic nitrogens is 4. The third-order valence-corrected chi connectivity index (χ3v) is 2.42. The van der Waals surface area contributed by atoms with E-state index in [1.807, 2.05) is 0 Å². The Balaban J connectivity index is 2.38. The van der Waals surface area contributed by atoms with Gasteiger partial charge in [0.1, 0.15) is 10.7 Å². The summed E-state index contributed by atoms with van der Waals surface area (Å²) < 4.78 is 13.0. The van der Waals surface area contributed by atoms with Gasteiger partial charge in [-0.3, -0.25) is 4.79 Å². The third kappa shape index (κ3) is 1.41. The molecule has 0 aromatic carbocycles. The zero-order chi connectivity index (χ0) is 10.1. The number of halogens is 1. The molecule has 0 aliphatic carbocycles. The number of hydrogen-bond donors (Lipinski definition) is 0. The summed E-state index contributed by atoms with van der Waals surface area (Å²) in [5.41, 5.74) is 0. The molecule has 14 heavy (non-hydrogen) atoms. The second-order valence-corrected chi connectivity index (χ2v) is 3.45. The number of nitrogens with zero attached hydrogens (tertiary/aromatic N) is 4. The number of hydrogen-bond acceptors (Lipinski definition) is 5. The molecule has 2 aromatic rings. The zero-order valence-electron chi connectivity index (χ0n) is 7.14. The van der Waals surface area contributed by atoms with Gasteiger partial charge in [-0.1, -0.05) is 0 Å². The van der Waals surface area contributed by atoms with Gasteiger partial charge in [-0.2, -0.15) is 4.80 Å². The molecule has 2 aromatic heterocycles. The highest BCUT2D eigenvalue weighted by atomic mass is 32.1. The fourth-order valence-electron chi connectivity index (χ4n) is 0.932. The van der Waals surface area contributed by atoms with E-state index >= 15 is 0 Å². The molecule has 0 atom stereocenters. The van der Waals surface area contributed by atoms with E-state index in [9.17, 15) is 9.18 Å². The summed E-state index contributed by atoms with van der Waals surface area (Å²) >= 11 is 1.02. The quantitative estimate of drug-likeness (QED) is 0.685. The van der Waals surface area contributed by atoms with Crippen LogP contribution >= 0.6 is 11.3 Å². The Labute approximate surface area is 82.2 Å². The molecular weight excluding hydrogens is 207 g/mol. The number of aryl methyl sites for hydroxylation is 1. The van der Waals surface area contributed by atoms with Crippen molar-refractivity contribution in [2.24, 2.45) is 7.05 Å². The molecule has 0 radical (unpaired) electrons. The van der Waals surface area contributed by atoms with Gasteiger partial charge in [0.25, 0.3) is 0 Å². The molecule has 72 valence electrons. The largest absolute Gasteiger partial charge is 0.284 e. The fraction of sp³-hybridized carbons (Fsp3) is 0.143. The van der Waals surface area contributed by atoms with Crippen LogP contribution in [0.25, 0.3) is 0 Å². The lowest BCUT2D eigenvalue weighted by atomic mass is 10.3. The van der Waals surface area contributed by atoms with Crippen LogP contribution in [0, 0.1) is 5.82 Å². The van der Waals surface area contributed by atoms with Crippen molar-refractivity contribution in [2.75, 3.05) is 0 Å². The second kappa shape index (κ2) is 3.26. The van der Waals surface area contributed by atoms with Crippen molar-refractivity contribution in [3.63, 3.8) is 0 Å². The normalized spacial score (nSPS) is 10.4. The summed E-state index contributed by atoms with van der Waals surface area (Å²) in [7, 11) is 1.54. The van der Waals surface area contributed by atoms with Crippen molar-refractivity contribution in [3.8, 4) is 0 Å². The summed E-state index contributed by atoms with van der Waals surface area (Å²) in [5, 5.41) is 12.2. The molecule has 0 bridgehead atoms. The Morgan fingerprint density at radius 2 is 2.43 bits per heavy atom. The Kier molecular flexibility index (Phi) is 2.08. The van der Waals surface area contributed by atoms with Gasteiger partial charge in [0, 0.05) is 0 Å². The van der Waals surface area contributed by atoms with Gasteiger partial charge in [0.2, 0.25) is 11.6 Å². The molecule has 0 aliphatic rings. The first kappa shape index (κ1) is 8.95. The molecule has 7 heteroatoms. The van der Waals surface area contributed by atoms with Crippen LogP contribution in [0.1, 0.15) is 15.5 Å². The fourth-order valence-corrected chi connectivity index (χ4v) is 1.63. The lowest BCUT2D eigenvalue weighted by molar-refractivity contribution is 0.102. The topological polar surface area (TPSA) is 60.7 Å². The molecule has 0 saturated carbocycles. The molecule has 0 amide bonds. The van der Waals surface area contributed by atoms with Gasteiger partial charge in [-0.25, -0.2) is 4.39 Å². The Morgan fingerprint density at radius 3 is 2.93 bits per heavy atom. The average molecular weight is 212 g/mol. The van der Waals surface area contributed by atoms with Crippen LogP contribution in [0.4, 0.5) is 4.39 Å². The number of carbonyl (C=O) groups excluding carboxylic acids is 1. The number of ketones is 1. The predicted octanol–water partition coefficient (Wildman–Crippen LogP) is 0.642. The average Bonchev–Trinajstić information content (AvgIpc) is 2.73. The van der Waals surface area contributed by atoms with E-state index < -0.39 is 11.6 Å². The number of carbonyl (C=O) groups is 1. The van der Waals surface area contributed by atoms with E-state index in [-0.39, 0.29) is 10.7 Å². The highest BCUT2D eigenvalue weighted by Gasteiger charge is 2.19. The van der Waals surface area contributed by atoms with Crippen LogP contribution in [0.5, 0.6) is 0 Å². The van der Waals surface area contributed by atoms with E-state index in [4.69, 9.17) is 0 Å². The molecule has 5 nitrogen and oxygen atoms in total. The lowest BCUT2D eigenvalue weighted by Gasteiger charge is -1.89. The highest BCUT2D eigenvalue weighted by Crippen LogP contribution is 2.17. The van der Waals surface area contributed by atoms with E-state index in [1.165, 1.54) is 18.5 Å². The molecule has 2 rings (SSSR count). The maximum Gasteiger partial charge on any atom is 0.246 e. The van der Waals surface area contributed by atoms with Gasteiger partial charge in [0.15, 0.2) is 0 Å². The summed E-state index contributed by atoms with van der Waals surface area (Å²) in [6.07, 6.45) is 0. The molecule has 0 aliphatic heterocycles. The smallest absolute Gasteiger partial charge is 0.246 e. The van der Waals surface area contributed by atoms with Crippen LogP contribution in [0.2, 0.25) is 0 Å². The van der Waals surface area contributed by atoms with Crippen LogP contribution in [0.3, 0.4) is 0 Å². The molecule has 0 fully saturated rings.